The monoisotopic (exact) mass is 330 g/mol. The lowest BCUT2D eigenvalue weighted by atomic mass is 10.1. The van der Waals surface area contributed by atoms with Gasteiger partial charge in [0.25, 0.3) is 0 Å². The largest absolute Gasteiger partial charge is 0.339 e. The van der Waals surface area contributed by atoms with Gasteiger partial charge in [-0.25, -0.2) is 0 Å². The van der Waals surface area contributed by atoms with Gasteiger partial charge in [0.1, 0.15) is 0 Å². The van der Waals surface area contributed by atoms with Crippen molar-refractivity contribution < 1.29 is 0 Å². The summed E-state index contributed by atoms with van der Waals surface area (Å²) in [5, 5.41) is 16.5. The van der Waals surface area contributed by atoms with Crippen LogP contribution in [0, 0.1) is 13.8 Å². The van der Waals surface area contributed by atoms with E-state index in [1.807, 2.05) is 24.3 Å². The summed E-state index contributed by atoms with van der Waals surface area (Å²) in [4.78, 5) is 4.04. The average Bonchev–Trinajstić information content (AvgIpc) is 2.97. The fourth-order valence-electron chi connectivity index (χ4n) is 2.89. The molecule has 3 aromatic heterocycles. The Hall–Kier alpha value is -3.28. The van der Waals surface area contributed by atoms with Crippen LogP contribution in [0.2, 0.25) is 0 Å². The van der Waals surface area contributed by atoms with Crippen molar-refractivity contribution in [3.8, 4) is 0 Å². The first kappa shape index (κ1) is 15.3. The molecule has 0 unspecified atom stereocenters. The van der Waals surface area contributed by atoms with Crippen molar-refractivity contribution >= 4 is 17.2 Å². The minimum Gasteiger partial charge on any atom is -0.339 e. The van der Waals surface area contributed by atoms with Crippen molar-refractivity contribution in [2.45, 2.75) is 20.3 Å². The van der Waals surface area contributed by atoms with Gasteiger partial charge in [-0.15, -0.1) is 15.3 Å². The Bertz CT molecular complexity index is 1000. The zero-order chi connectivity index (χ0) is 17.2. The van der Waals surface area contributed by atoms with Crippen LogP contribution in [0.5, 0.6) is 0 Å². The molecule has 0 aliphatic carbocycles. The second kappa shape index (κ2) is 6.32. The molecule has 6 heteroatoms. The molecule has 0 amide bonds. The van der Waals surface area contributed by atoms with Crippen LogP contribution in [-0.4, -0.2) is 24.8 Å². The maximum Gasteiger partial charge on any atom is 0.178 e. The zero-order valence-corrected chi connectivity index (χ0v) is 14.1. The van der Waals surface area contributed by atoms with Gasteiger partial charge in [0.2, 0.25) is 0 Å². The minimum absolute atomic E-state index is 0.656. The molecule has 25 heavy (non-hydrogen) atoms. The third-order valence-electron chi connectivity index (χ3n) is 3.93. The van der Waals surface area contributed by atoms with Gasteiger partial charge in [0.05, 0.1) is 0 Å². The van der Waals surface area contributed by atoms with Crippen LogP contribution in [0.3, 0.4) is 0 Å². The fraction of sp³-hybridized carbons (Fsp3) is 0.158. The van der Waals surface area contributed by atoms with Gasteiger partial charge in [0, 0.05) is 24.5 Å². The standard InChI is InChI=1S/C19H18N6/c1-13-9-14(2)11-16(10-13)21-17-3-4-18-22-23-19(25(18)24-17)12-15-5-7-20-8-6-15/h3-11H,12H2,1-2H3,(H,21,24). The molecule has 0 fully saturated rings. The molecule has 1 N–H and O–H groups in total. The van der Waals surface area contributed by atoms with Crippen LogP contribution >= 0.6 is 0 Å². The molecule has 4 rings (SSSR count). The average molecular weight is 330 g/mol. The van der Waals surface area contributed by atoms with Crippen LogP contribution in [0.15, 0.2) is 54.9 Å². The highest BCUT2D eigenvalue weighted by molar-refractivity contribution is 5.59. The van der Waals surface area contributed by atoms with E-state index in [1.54, 1.807) is 16.9 Å². The van der Waals surface area contributed by atoms with Crippen molar-refractivity contribution in [1.82, 2.24) is 24.8 Å². The number of rotatable bonds is 4. The number of anilines is 2. The van der Waals surface area contributed by atoms with Crippen LogP contribution in [0.1, 0.15) is 22.5 Å². The number of nitrogens with one attached hydrogen (secondary N) is 1. The number of aromatic nitrogens is 5. The lowest BCUT2D eigenvalue weighted by molar-refractivity contribution is 0.841. The van der Waals surface area contributed by atoms with E-state index in [2.05, 4.69) is 57.6 Å². The van der Waals surface area contributed by atoms with Crippen LogP contribution in [0.25, 0.3) is 5.65 Å². The Balaban J connectivity index is 1.66. The highest BCUT2D eigenvalue weighted by Gasteiger charge is 2.09. The number of benzene rings is 1. The maximum atomic E-state index is 4.65. The van der Waals surface area contributed by atoms with Gasteiger partial charge in [-0.2, -0.15) is 4.52 Å². The van der Waals surface area contributed by atoms with E-state index >= 15 is 0 Å². The Labute approximate surface area is 145 Å². The summed E-state index contributed by atoms with van der Waals surface area (Å²) >= 11 is 0. The molecule has 0 spiro atoms. The zero-order valence-electron chi connectivity index (χ0n) is 14.1. The van der Waals surface area contributed by atoms with Crippen molar-refractivity contribution in [2.75, 3.05) is 5.32 Å². The van der Waals surface area contributed by atoms with Crippen molar-refractivity contribution in [2.24, 2.45) is 0 Å². The van der Waals surface area contributed by atoms with Crippen LogP contribution in [0.4, 0.5) is 11.5 Å². The Morgan fingerprint density at radius 2 is 1.68 bits per heavy atom. The van der Waals surface area contributed by atoms with E-state index in [9.17, 15) is 0 Å². The SMILES string of the molecule is Cc1cc(C)cc(Nc2ccc3nnc(Cc4ccncc4)n3n2)c1. The molecular formula is C19H18N6. The Kier molecular flexibility index (Phi) is 3.85. The fourth-order valence-corrected chi connectivity index (χ4v) is 2.89. The second-order valence-electron chi connectivity index (χ2n) is 6.14. The van der Waals surface area contributed by atoms with E-state index < -0.39 is 0 Å². The van der Waals surface area contributed by atoms with Gasteiger partial charge in [-0.1, -0.05) is 6.07 Å². The minimum atomic E-state index is 0.656. The van der Waals surface area contributed by atoms with E-state index in [0.29, 0.717) is 6.42 Å². The molecule has 0 saturated carbocycles. The second-order valence-corrected chi connectivity index (χ2v) is 6.14. The summed E-state index contributed by atoms with van der Waals surface area (Å²) in [7, 11) is 0. The molecule has 1 aromatic carbocycles. The van der Waals surface area contributed by atoms with Crippen LogP contribution in [-0.2, 0) is 6.42 Å². The van der Waals surface area contributed by atoms with Crippen molar-refractivity contribution in [1.29, 1.82) is 0 Å². The van der Waals surface area contributed by atoms with E-state index in [0.717, 1.165) is 28.5 Å². The number of hydrogen-bond donors (Lipinski definition) is 1. The third kappa shape index (κ3) is 3.33. The normalized spacial score (nSPS) is 11.0. The summed E-state index contributed by atoms with van der Waals surface area (Å²) < 4.78 is 1.78. The molecule has 6 nitrogen and oxygen atoms in total. The predicted molar refractivity (Wildman–Crippen MR) is 97.0 cm³/mol. The van der Waals surface area contributed by atoms with E-state index in [1.165, 1.54) is 11.1 Å². The van der Waals surface area contributed by atoms with Gasteiger partial charge in [-0.3, -0.25) is 4.98 Å². The summed E-state index contributed by atoms with van der Waals surface area (Å²) in [5.74, 6) is 1.55. The Morgan fingerprint density at radius 1 is 0.920 bits per heavy atom. The smallest absolute Gasteiger partial charge is 0.178 e. The number of nitrogens with zero attached hydrogens (tertiary/aromatic N) is 5. The summed E-state index contributed by atoms with van der Waals surface area (Å²) in [6.07, 6.45) is 4.21. The molecule has 0 aliphatic rings. The van der Waals surface area contributed by atoms with Crippen molar-refractivity contribution in [3.05, 3.63) is 77.4 Å². The van der Waals surface area contributed by atoms with Crippen LogP contribution < -0.4 is 5.32 Å². The lowest BCUT2D eigenvalue weighted by Gasteiger charge is -2.08. The van der Waals surface area contributed by atoms with E-state index in [-0.39, 0.29) is 0 Å². The number of aryl methyl sites for hydroxylation is 2. The highest BCUT2D eigenvalue weighted by atomic mass is 15.4. The molecule has 124 valence electrons. The molecule has 3 heterocycles. The molecule has 4 aromatic rings. The Morgan fingerprint density at radius 3 is 2.44 bits per heavy atom. The molecule has 0 radical (unpaired) electrons. The quantitative estimate of drug-likeness (QED) is 0.620. The van der Waals surface area contributed by atoms with Gasteiger partial charge < -0.3 is 5.32 Å². The van der Waals surface area contributed by atoms with E-state index in [4.69, 9.17) is 0 Å². The molecule has 0 aliphatic heterocycles. The number of pyridine rings is 1. The number of fused-ring (bicyclic) bond motifs is 1. The van der Waals surface area contributed by atoms with Crippen molar-refractivity contribution in [3.63, 3.8) is 0 Å². The van der Waals surface area contributed by atoms with Gasteiger partial charge in [-0.05, 0) is 66.9 Å². The molecule has 0 bridgehead atoms. The summed E-state index contributed by atoms with van der Waals surface area (Å²) in [6, 6.07) is 14.1. The maximum absolute atomic E-state index is 4.65. The topological polar surface area (TPSA) is 68.0 Å². The first-order valence-electron chi connectivity index (χ1n) is 8.13. The van der Waals surface area contributed by atoms with Gasteiger partial charge >= 0.3 is 0 Å². The highest BCUT2D eigenvalue weighted by Crippen LogP contribution is 2.19. The molecule has 0 saturated heterocycles. The lowest BCUT2D eigenvalue weighted by Crippen LogP contribution is -2.03. The summed E-state index contributed by atoms with van der Waals surface area (Å²) in [6.45, 7) is 4.17. The van der Waals surface area contributed by atoms with Gasteiger partial charge in [0.15, 0.2) is 17.3 Å². The third-order valence-corrected chi connectivity index (χ3v) is 3.93. The first-order chi connectivity index (χ1) is 12.2. The molecule has 0 atom stereocenters. The number of hydrogen-bond acceptors (Lipinski definition) is 5. The predicted octanol–water partition coefficient (Wildman–Crippen LogP) is 3.47. The molecular weight excluding hydrogens is 312 g/mol. The first-order valence-corrected chi connectivity index (χ1v) is 8.13. The summed E-state index contributed by atoms with van der Waals surface area (Å²) in [5.41, 5.74) is 5.31.